The number of piperazine rings is 1. The van der Waals surface area contributed by atoms with Gasteiger partial charge in [0.1, 0.15) is 0 Å². The van der Waals surface area contributed by atoms with E-state index in [1.807, 2.05) is 11.9 Å². The van der Waals surface area contributed by atoms with E-state index in [1.54, 1.807) is 6.92 Å². The normalized spacial score (nSPS) is 14.7. The summed E-state index contributed by atoms with van der Waals surface area (Å²) in [5, 5.41) is 6.89. The highest BCUT2D eigenvalue weighted by Gasteiger charge is 2.18. The Labute approximate surface area is 209 Å². The molecule has 0 unspecified atom stereocenters. The van der Waals surface area contributed by atoms with E-state index >= 15 is 0 Å². The van der Waals surface area contributed by atoms with Crippen molar-refractivity contribution in [3.05, 3.63) is 71.8 Å². The first kappa shape index (κ1) is 26.1. The molecule has 0 atom stereocenters. The van der Waals surface area contributed by atoms with Crippen molar-refractivity contribution in [2.75, 3.05) is 52.9 Å². The van der Waals surface area contributed by atoms with Crippen LogP contribution in [-0.2, 0) is 4.79 Å². The van der Waals surface area contributed by atoms with Gasteiger partial charge in [-0.15, -0.1) is 24.0 Å². The van der Waals surface area contributed by atoms with Gasteiger partial charge in [0.15, 0.2) is 5.96 Å². The van der Waals surface area contributed by atoms with Gasteiger partial charge in [-0.1, -0.05) is 60.7 Å². The van der Waals surface area contributed by atoms with E-state index in [0.29, 0.717) is 5.92 Å². The van der Waals surface area contributed by atoms with Crippen LogP contribution in [0.5, 0.6) is 0 Å². The van der Waals surface area contributed by atoms with Crippen LogP contribution in [0.1, 0.15) is 30.4 Å². The molecule has 0 aliphatic carbocycles. The number of nitrogens with zero attached hydrogens (tertiary/aromatic N) is 3. The molecule has 0 radical (unpaired) electrons. The zero-order chi connectivity index (χ0) is 21.9. The van der Waals surface area contributed by atoms with Gasteiger partial charge in [0.05, 0.1) is 0 Å². The Kier molecular flexibility index (Phi) is 11.5. The van der Waals surface area contributed by atoms with Crippen LogP contribution in [0.15, 0.2) is 65.7 Å². The molecule has 1 aliphatic rings. The van der Waals surface area contributed by atoms with Crippen molar-refractivity contribution in [2.24, 2.45) is 4.99 Å². The predicted molar refractivity (Wildman–Crippen MR) is 143 cm³/mol. The monoisotopic (exact) mass is 549 g/mol. The molecule has 3 rings (SSSR count). The van der Waals surface area contributed by atoms with E-state index in [2.05, 4.69) is 81.2 Å². The average molecular weight is 550 g/mol. The van der Waals surface area contributed by atoms with E-state index < -0.39 is 0 Å². The minimum Gasteiger partial charge on any atom is -0.356 e. The fraction of sp³-hybridized carbons (Fsp3) is 0.440. The first-order valence-corrected chi connectivity index (χ1v) is 11.2. The highest BCUT2D eigenvalue weighted by molar-refractivity contribution is 14.0. The Hall–Kier alpha value is -2.13. The second-order valence-electron chi connectivity index (χ2n) is 7.94. The lowest BCUT2D eigenvalue weighted by Crippen LogP contribution is -2.50. The van der Waals surface area contributed by atoms with E-state index in [1.165, 1.54) is 11.1 Å². The molecule has 0 bridgehead atoms. The summed E-state index contributed by atoms with van der Waals surface area (Å²) in [5.74, 6) is 1.36. The Morgan fingerprint density at radius 1 is 0.906 bits per heavy atom. The summed E-state index contributed by atoms with van der Waals surface area (Å²) in [6.45, 7) is 7.78. The maximum Gasteiger partial charge on any atom is 0.219 e. The maximum absolute atomic E-state index is 11.4. The van der Waals surface area contributed by atoms with Crippen LogP contribution in [0.3, 0.4) is 0 Å². The molecule has 32 heavy (non-hydrogen) atoms. The van der Waals surface area contributed by atoms with Crippen molar-refractivity contribution < 1.29 is 4.79 Å². The lowest BCUT2D eigenvalue weighted by atomic mass is 9.88. The summed E-state index contributed by atoms with van der Waals surface area (Å²) in [6.07, 6.45) is 0.988. The van der Waals surface area contributed by atoms with Gasteiger partial charge < -0.3 is 15.5 Å². The second kappa shape index (κ2) is 14.1. The summed E-state index contributed by atoms with van der Waals surface area (Å²) in [4.78, 5) is 20.1. The van der Waals surface area contributed by atoms with Gasteiger partial charge in [0, 0.05) is 65.7 Å². The van der Waals surface area contributed by atoms with Crippen LogP contribution in [0.2, 0.25) is 0 Å². The average Bonchev–Trinajstić information content (AvgIpc) is 2.82. The van der Waals surface area contributed by atoms with Crippen molar-refractivity contribution in [3.8, 4) is 0 Å². The van der Waals surface area contributed by atoms with Gasteiger partial charge in [-0.05, 0) is 17.5 Å². The number of nitrogens with one attached hydrogen (secondary N) is 2. The van der Waals surface area contributed by atoms with Crippen molar-refractivity contribution in [1.29, 1.82) is 0 Å². The SMILES string of the molecule is CN=C(NCCC(c1ccccc1)c1ccccc1)NCCN1CCN(C(C)=O)CC1.I. The van der Waals surface area contributed by atoms with Crippen LogP contribution >= 0.6 is 24.0 Å². The molecule has 2 N–H and O–H groups in total. The first-order chi connectivity index (χ1) is 15.2. The highest BCUT2D eigenvalue weighted by atomic mass is 127. The van der Waals surface area contributed by atoms with Gasteiger partial charge >= 0.3 is 0 Å². The lowest BCUT2D eigenvalue weighted by molar-refractivity contribution is -0.130. The molecule has 0 spiro atoms. The third-order valence-electron chi connectivity index (χ3n) is 5.89. The van der Waals surface area contributed by atoms with E-state index in [4.69, 9.17) is 0 Å². The fourth-order valence-corrected chi connectivity index (χ4v) is 4.07. The summed E-state index contributed by atoms with van der Waals surface area (Å²) in [7, 11) is 1.81. The number of guanidine groups is 1. The van der Waals surface area contributed by atoms with E-state index in [9.17, 15) is 4.79 Å². The number of carbonyl (C=O) groups is 1. The molecule has 1 amide bonds. The minimum absolute atomic E-state index is 0. The van der Waals surface area contributed by atoms with Gasteiger partial charge in [0.25, 0.3) is 0 Å². The molecule has 0 saturated carbocycles. The molecule has 2 aromatic rings. The summed E-state index contributed by atoms with van der Waals surface area (Å²) in [6, 6.07) is 21.4. The molecule has 1 aliphatic heterocycles. The maximum atomic E-state index is 11.4. The number of amides is 1. The zero-order valence-corrected chi connectivity index (χ0v) is 21.5. The number of hydrogen-bond donors (Lipinski definition) is 2. The van der Waals surface area contributed by atoms with Crippen LogP contribution in [0.4, 0.5) is 0 Å². The summed E-state index contributed by atoms with van der Waals surface area (Å²) in [5.41, 5.74) is 2.67. The van der Waals surface area contributed by atoms with Gasteiger partial charge in [-0.2, -0.15) is 0 Å². The third kappa shape index (κ3) is 8.09. The van der Waals surface area contributed by atoms with Gasteiger partial charge in [-0.3, -0.25) is 14.7 Å². The van der Waals surface area contributed by atoms with E-state index in [-0.39, 0.29) is 29.9 Å². The van der Waals surface area contributed by atoms with Crippen molar-refractivity contribution in [2.45, 2.75) is 19.3 Å². The molecule has 1 fully saturated rings. The van der Waals surface area contributed by atoms with Crippen LogP contribution in [0, 0.1) is 0 Å². The van der Waals surface area contributed by atoms with Crippen LogP contribution in [0.25, 0.3) is 0 Å². The number of hydrogen-bond acceptors (Lipinski definition) is 3. The Morgan fingerprint density at radius 2 is 1.44 bits per heavy atom. The topological polar surface area (TPSA) is 60.0 Å². The number of carbonyl (C=O) groups excluding carboxylic acids is 1. The zero-order valence-electron chi connectivity index (χ0n) is 19.2. The molecule has 174 valence electrons. The van der Waals surface area contributed by atoms with Crippen LogP contribution < -0.4 is 10.6 Å². The number of aliphatic imine (C=N–C) groups is 1. The molecule has 6 nitrogen and oxygen atoms in total. The third-order valence-corrected chi connectivity index (χ3v) is 5.89. The molecule has 7 heteroatoms. The smallest absolute Gasteiger partial charge is 0.219 e. The van der Waals surface area contributed by atoms with Crippen LogP contribution in [-0.4, -0.2) is 74.5 Å². The summed E-state index contributed by atoms with van der Waals surface area (Å²) < 4.78 is 0. The summed E-state index contributed by atoms with van der Waals surface area (Å²) >= 11 is 0. The highest BCUT2D eigenvalue weighted by Crippen LogP contribution is 2.27. The molecule has 0 aromatic heterocycles. The molecule has 1 heterocycles. The molecular formula is C25H36IN5O. The molecule has 1 saturated heterocycles. The minimum atomic E-state index is 0. The molecule has 2 aromatic carbocycles. The van der Waals surface area contributed by atoms with E-state index in [0.717, 1.165) is 58.2 Å². The Balaban J connectivity index is 0.00000363. The number of benzene rings is 2. The number of halogens is 1. The predicted octanol–water partition coefficient (Wildman–Crippen LogP) is 3.16. The second-order valence-corrected chi connectivity index (χ2v) is 7.94. The number of rotatable bonds is 8. The first-order valence-electron chi connectivity index (χ1n) is 11.2. The van der Waals surface area contributed by atoms with Gasteiger partial charge in [0.2, 0.25) is 5.91 Å². The standard InChI is InChI=1S/C25H35N5O.HI/c1-21(31)30-19-17-29(18-20-30)16-15-28-25(26-2)27-14-13-24(22-9-5-3-6-10-22)23-11-7-4-8-12-23;/h3-12,24H,13-20H2,1-2H3,(H2,26,27,28);1H. The van der Waals surface area contributed by atoms with Crippen molar-refractivity contribution in [1.82, 2.24) is 20.4 Å². The largest absolute Gasteiger partial charge is 0.356 e. The quantitative estimate of drug-likeness (QED) is 0.302. The van der Waals surface area contributed by atoms with Crippen molar-refractivity contribution >= 4 is 35.8 Å². The Morgan fingerprint density at radius 3 is 1.94 bits per heavy atom. The fourth-order valence-electron chi connectivity index (χ4n) is 4.07. The molecular weight excluding hydrogens is 513 g/mol. The Bertz CT molecular complexity index is 783. The lowest BCUT2D eigenvalue weighted by Gasteiger charge is -2.34. The van der Waals surface area contributed by atoms with Crippen molar-refractivity contribution in [3.63, 3.8) is 0 Å². The van der Waals surface area contributed by atoms with Gasteiger partial charge in [-0.25, -0.2) is 0 Å².